The van der Waals surface area contributed by atoms with E-state index in [1.54, 1.807) is 41.9 Å². The van der Waals surface area contributed by atoms with Gasteiger partial charge in [-0.25, -0.2) is 4.98 Å². The maximum atomic E-state index is 12.9. The van der Waals surface area contributed by atoms with E-state index in [0.717, 1.165) is 4.88 Å². The topological polar surface area (TPSA) is 79.7 Å². The van der Waals surface area contributed by atoms with E-state index in [9.17, 15) is 14.7 Å². The summed E-state index contributed by atoms with van der Waals surface area (Å²) in [5.41, 5.74) is 0.474. The first-order valence-corrected chi connectivity index (χ1v) is 10.5. The minimum absolute atomic E-state index is 0.0485. The minimum Gasteiger partial charge on any atom is -0.507 e. The Balaban J connectivity index is 1.80. The molecule has 2 aromatic heterocycles. The summed E-state index contributed by atoms with van der Waals surface area (Å²) < 4.78 is 5.45. The van der Waals surface area contributed by atoms with Crippen molar-refractivity contribution in [3.8, 4) is 5.75 Å². The number of rotatable bonds is 6. The van der Waals surface area contributed by atoms with E-state index in [-0.39, 0.29) is 11.3 Å². The van der Waals surface area contributed by atoms with E-state index in [1.807, 2.05) is 17.5 Å². The largest absolute Gasteiger partial charge is 0.507 e. The molecular weight excluding hydrogens is 408 g/mol. The van der Waals surface area contributed by atoms with Crippen molar-refractivity contribution in [2.24, 2.45) is 0 Å². The van der Waals surface area contributed by atoms with Crippen LogP contribution in [0.5, 0.6) is 5.75 Å². The zero-order chi connectivity index (χ0) is 20.4. The summed E-state index contributed by atoms with van der Waals surface area (Å²) in [7, 11) is 0. The minimum atomic E-state index is -0.733. The molecule has 29 heavy (non-hydrogen) atoms. The van der Waals surface area contributed by atoms with Gasteiger partial charge in [0.15, 0.2) is 5.13 Å². The molecule has 146 valence electrons. The Morgan fingerprint density at radius 2 is 2.00 bits per heavy atom. The van der Waals surface area contributed by atoms with Crippen LogP contribution in [0, 0.1) is 0 Å². The predicted molar refractivity (Wildman–Crippen MR) is 113 cm³/mol. The van der Waals surface area contributed by atoms with E-state index in [0.29, 0.717) is 23.1 Å². The highest BCUT2D eigenvalue weighted by atomic mass is 32.1. The first kappa shape index (κ1) is 19.1. The lowest BCUT2D eigenvalue weighted by molar-refractivity contribution is -0.132. The number of aliphatic hydroxyl groups is 1. The first-order valence-electron chi connectivity index (χ1n) is 8.70. The van der Waals surface area contributed by atoms with Gasteiger partial charge in [-0.05, 0) is 35.7 Å². The van der Waals surface area contributed by atoms with Crippen molar-refractivity contribution in [2.75, 3.05) is 11.5 Å². The lowest BCUT2D eigenvalue weighted by Gasteiger charge is -2.21. The van der Waals surface area contributed by atoms with Crippen molar-refractivity contribution in [1.82, 2.24) is 4.98 Å². The number of thiazole rings is 1. The van der Waals surface area contributed by atoms with E-state index in [1.165, 1.54) is 27.6 Å². The first-order chi connectivity index (χ1) is 14.1. The maximum absolute atomic E-state index is 12.9. The van der Waals surface area contributed by atoms with Crippen molar-refractivity contribution in [3.05, 3.63) is 82.0 Å². The van der Waals surface area contributed by atoms with Crippen LogP contribution in [0.2, 0.25) is 0 Å². The van der Waals surface area contributed by atoms with Crippen LogP contribution < -0.4 is 9.64 Å². The van der Waals surface area contributed by atoms with Gasteiger partial charge in [-0.2, -0.15) is 0 Å². The summed E-state index contributed by atoms with van der Waals surface area (Å²) in [5.74, 6) is -1.05. The van der Waals surface area contributed by atoms with E-state index in [2.05, 4.69) is 11.6 Å². The highest BCUT2D eigenvalue weighted by Crippen LogP contribution is 2.44. The molecule has 0 radical (unpaired) electrons. The molecule has 1 fully saturated rings. The second kappa shape index (κ2) is 8.02. The van der Waals surface area contributed by atoms with Gasteiger partial charge in [0, 0.05) is 22.0 Å². The Bertz CT molecular complexity index is 1070. The number of benzene rings is 1. The SMILES string of the molecule is C=CCOc1ccc(C(O)=C2C(=O)C(=O)N(c3nccs3)C2c2cccs2)cc1. The van der Waals surface area contributed by atoms with Gasteiger partial charge in [0.05, 0.1) is 5.57 Å². The normalized spacial score (nSPS) is 18.2. The number of Topliss-reactive ketones (excluding diaryl/α,β-unsaturated/α-hetero) is 1. The summed E-state index contributed by atoms with van der Waals surface area (Å²) in [6.07, 6.45) is 3.21. The van der Waals surface area contributed by atoms with Crippen LogP contribution in [0.3, 0.4) is 0 Å². The summed E-state index contributed by atoms with van der Waals surface area (Å²) >= 11 is 2.67. The fraction of sp³-hybridized carbons (Fsp3) is 0.0952. The van der Waals surface area contributed by atoms with Gasteiger partial charge < -0.3 is 9.84 Å². The van der Waals surface area contributed by atoms with E-state index in [4.69, 9.17) is 4.74 Å². The van der Waals surface area contributed by atoms with Gasteiger partial charge >= 0.3 is 5.91 Å². The standard InChI is InChI=1S/C21H16N2O4S2/c1-2-10-27-14-7-5-13(6-8-14)18(24)16-17(15-4-3-11-28-15)23(20(26)19(16)25)21-22-9-12-29-21/h2-9,11-12,17,24H,1,10H2. The Hall–Kier alpha value is -3.23. The molecule has 1 amide bonds. The number of carbonyl (C=O) groups is 2. The Labute approximate surface area is 175 Å². The van der Waals surface area contributed by atoms with Gasteiger partial charge in [0.25, 0.3) is 5.78 Å². The zero-order valence-corrected chi connectivity index (χ0v) is 16.8. The monoisotopic (exact) mass is 424 g/mol. The van der Waals surface area contributed by atoms with Crippen molar-refractivity contribution >= 4 is 45.3 Å². The van der Waals surface area contributed by atoms with Crippen molar-refractivity contribution < 1.29 is 19.4 Å². The second-order valence-corrected chi connectivity index (χ2v) is 7.98. The van der Waals surface area contributed by atoms with E-state index >= 15 is 0 Å². The number of amides is 1. The number of ketones is 1. The molecule has 1 aromatic carbocycles. The highest BCUT2D eigenvalue weighted by Gasteiger charge is 2.48. The smallest absolute Gasteiger partial charge is 0.301 e. The van der Waals surface area contributed by atoms with E-state index < -0.39 is 17.7 Å². The quantitative estimate of drug-likeness (QED) is 0.275. The third-order valence-electron chi connectivity index (χ3n) is 4.38. The van der Waals surface area contributed by atoms with Crippen LogP contribution >= 0.6 is 22.7 Å². The molecule has 6 nitrogen and oxygen atoms in total. The predicted octanol–water partition coefficient (Wildman–Crippen LogP) is 4.40. The van der Waals surface area contributed by atoms with Crippen molar-refractivity contribution in [1.29, 1.82) is 0 Å². The summed E-state index contributed by atoms with van der Waals surface area (Å²) in [5, 5.41) is 15.0. The number of ether oxygens (including phenoxy) is 1. The third-order valence-corrected chi connectivity index (χ3v) is 6.07. The number of aliphatic hydroxyl groups excluding tert-OH is 1. The molecule has 0 spiro atoms. The van der Waals surface area contributed by atoms with Crippen molar-refractivity contribution in [3.63, 3.8) is 0 Å². The third kappa shape index (κ3) is 3.48. The van der Waals surface area contributed by atoms with Gasteiger partial charge in [0.2, 0.25) is 0 Å². The van der Waals surface area contributed by atoms with Gasteiger partial charge in [0.1, 0.15) is 24.2 Å². The molecule has 8 heteroatoms. The average Bonchev–Trinajstić information content (AvgIpc) is 3.48. The van der Waals surface area contributed by atoms with Crippen LogP contribution in [-0.4, -0.2) is 28.4 Å². The molecule has 0 saturated carbocycles. The number of hydrogen-bond donors (Lipinski definition) is 1. The molecule has 0 bridgehead atoms. The second-order valence-electron chi connectivity index (χ2n) is 6.12. The van der Waals surface area contributed by atoms with Crippen LogP contribution in [0.15, 0.2) is 71.6 Å². The summed E-state index contributed by atoms with van der Waals surface area (Å²) in [4.78, 5) is 32.0. The molecule has 1 aliphatic rings. The molecule has 1 saturated heterocycles. The van der Waals surface area contributed by atoms with Crippen LogP contribution in [-0.2, 0) is 9.59 Å². The number of aromatic nitrogens is 1. The molecule has 0 aliphatic carbocycles. The number of hydrogen-bond acceptors (Lipinski definition) is 7. The molecular formula is C21H16N2O4S2. The average molecular weight is 425 g/mol. The van der Waals surface area contributed by atoms with Gasteiger partial charge in [-0.15, -0.1) is 22.7 Å². The Morgan fingerprint density at radius 1 is 1.21 bits per heavy atom. The Morgan fingerprint density at radius 3 is 2.62 bits per heavy atom. The number of nitrogens with zero attached hydrogens (tertiary/aromatic N) is 2. The highest BCUT2D eigenvalue weighted by molar-refractivity contribution is 7.14. The Kier molecular flexibility index (Phi) is 5.28. The maximum Gasteiger partial charge on any atom is 0.301 e. The summed E-state index contributed by atoms with van der Waals surface area (Å²) in [6.45, 7) is 3.96. The molecule has 1 unspecified atom stereocenters. The molecule has 3 heterocycles. The summed E-state index contributed by atoms with van der Waals surface area (Å²) in [6, 6.07) is 9.63. The fourth-order valence-corrected chi connectivity index (χ4v) is 4.59. The van der Waals surface area contributed by atoms with Crippen molar-refractivity contribution in [2.45, 2.75) is 6.04 Å². The number of carbonyl (C=O) groups excluding carboxylic acids is 2. The fourth-order valence-electron chi connectivity index (χ4n) is 3.10. The van der Waals surface area contributed by atoms with Crippen LogP contribution in [0.4, 0.5) is 5.13 Å². The number of anilines is 1. The zero-order valence-electron chi connectivity index (χ0n) is 15.1. The molecule has 1 N–H and O–H groups in total. The van der Waals surface area contributed by atoms with Crippen LogP contribution in [0.1, 0.15) is 16.5 Å². The molecule has 3 aromatic rings. The number of thiophene rings is 1. The van der Waals surface area contributed by atoms with Crippen LogP contribution in [0.25, 0.3) is 5.76 Å². The van der Waals surface area contributed by atoms with Gasteiger partial charge in [-0.1, -0.05) is 18.7 Å². The molecule has 4 rings (SSSR count). The van der Waals surface area contributed by atoms with Gasteiger partial charge in [-0.3, -0.25) is 14.5 Å². The molecule has 1 aliphatic heterocycles. The lowest BCUT2D eigenvalue weighted by Crippen LogP contribution is -2.28. The lowest BCUT2D eigenvalue weighted by atomic mass is 10.00. The molecule has 1 atom stereocenters.